The highest BCUT2D eigenvalue weighted by molar-refractivity contribution is 6.30. The van der Waals surface area contributed by atoms with Gasteiger partial charge in [-0.05, 0) is 67.8 Å². The van der Waals surface area contributed by atoms with Crippen molar-refractivity contribution in [2.24, 2.45) is 0 Å². The van der Waals surface area contributed by atoms with Crippen LogP contribution >= 0.6 is 11.6 Å². The maximum absolute atomic E-state index is 12.4. The first-order valence-electron chi connectivity index (χ1n) is 9.21. The van der Waals surface area contributed by atoms with Gasteiger partial charge in [-0.25, -0.2) is 0 Å². The topological polar surface area (TPSA) is 52.7 Å². The van der Waals surface area contributed by atoms with Crippen molar-refractivity contribution < 1.29 is 9.59 Å². The molecule has 0 aliphatic carbocycles. The molecule has 0 radical (unpaired) electrons. The molecule has 1 fully saturated rings. The number of carbonyl (C=O) groups is 2. The molecule has 2 amide bonds. The molecule has 142 valence electrons. The summed E-state index contributed by atoms with van der Waals surface area (Å²) in [7, 11) is 0. The Morgan fingerprint density at radius 2 is 1.63 bits per heavy atom. The average molecular weight is 386 g/mol. The van der Waals surface area contributed by atoms with Crippen LogP contribution in [0.1, 0.15) is 26.2 Å². The minimum absolute atomic E-state index is 0.0407. The van der Waals surface area contributed by atoms with Gasteiger partial charge in [-0.1, -0.05) is 11.6 Å². The molecule has 0 atom stereocenters. The highest BCUT2D eigenvalue weighted by Crippen LogP contribution is 2.24. The Morgan fingerprint density at radius 3 is 2.22 bits per heavy atom. The molecule has 1 heterocycles. The van der Waals surface area contributed by atoms with Crippen LogP contribution in [0.4, 0.5) is 17.1 Å². The highest BCUT2D eigenvalue weighted by Gasteiger charge is 2.17. The molecule has 1 N–H and O–H groups in total. The monoisotopic (exact) mass is 385 g/mol. The lowest BCUT2D eigenvalue weighted by Gasteiger charge is -2.29. The number of rotatable bonds is 5. The van der Waals surface area contributed by atoms with Gasteiger partial charge in [0.05, 0.1) is 0 Å². The molecule has 0 unspecified atom stereocenters. The summed E-state index contributed by atoms with van der Waals surface area (Å²) < 4.78 is 0. The highest BCUT2D eigenvalue weighted by atomic mass is 35.5. The SMILES string of the molecule is CC(=O)N(CC(=O)Nc1ccc(Cl)cc1)c1ccc(N2CCCCC2)cc1. The summed E-state index contributed by atoms with van der Waals surface area (Å²) in [5.74, 6) is -0.431. The van der Waals surface area contributed by atoms with Gasteiger partial charge in [-0.15, -0.1) is 0 Å². The zero-order chi connectivity index (χ0) is 19.2. The number of carbonyl (C=O) groups excluding carboxylic acids is 2. The fraction of sp³-hybridized carbons (Fsp3) is 0.333. The van der Waals surface area contributed by atoms with Crippen LogP contribution in [0.2, 0.25) is 5.02 Å². The number of halogens is 1. The predicted molar refractivity (Wildman–Crippen MR) is 111 cm³/mol. The van der Waals surface area contributed by atoms with Crippen LogP contribution < -0.4 is 15.1 Å². The maximum atomic E-state index is 12.4. The fourth-order valence-electron chi connectivity index (χ4n) is 3.26. The van der Waals surface area contributed by atoms with Crippen molar-refractivity contribution in [3.8, 4) is 0 Å². The van der Waals surface area contributed by atoms with Gasteiger partial charge in [0, 0.05) is 42.1 Å². The van der Waals surface area contributed by atoms with Crippen LogP contribution in [0.5, 0.6) is 0 Å². The van der Waals surface area contributed by atoms with E-state index in [4.69, 9.17) is 11.6 Å². The molecule has 0 bridgehead atoms. The minimum atomic E-state index is -0.257. The van der Waals surface area contributed by atoms with E-state index in [0.29, 0.717) is 10.7 Å². The number of hydrogen-bond donors (Lipinski definition) is 1. The van der Waals surface area contributed by atoms with E-state index >= 15 is 0 Å². The van der Waals surface area contributed by atoms with Gasteiger partial charge < -0.3 is 15.1 Å². The summed E-state index contributed by atoms with van der Waals surface area (Å²) >= 11 is 5.85. The Bertz CT molecular complexity index is 784. The van der Waals surface area contributed by atoms with Gasteiger partial charge in [0.2, 0.25) is 11.8 Å². The van der Waals surface area contributed by atoms with Crippen molar-refractivity contribution >= 4 is 40.5 Å². The summed E-state index contributed by atoms with van der Waals surface area (Å²) in [6.45, 7) is 3.56. The van der Waals surface area contributed by atoms with Gasteiger partial charge in [-0.3, -0.25) is 9.59 Å². The molecule has 27 heavy (non-hydrogen) atoms. The van der Waals surface area contributed by atoms with Crippen LogP contribution in [0, 0.1) is 0 Å². The molecule has 0 spiro atoms. The van der Waals surface area contributed by atoms with E-state index < -0.39 is 0 Å². The molecule has 2 aromatic rings. The molecular formula is C21H24ClN3O2. The van der Waals surface area contributed by atoms with Crippen LogP contribution in [0.3, 0.4) is 0 Å². The van der Waals surface area contributed by atoms with Crippen molar-refractivity contribution in [3.63, 3.8) is 0 Å². The standard InChI is InChI=1S/C21H24ClN3O2/c1-16(26)25(15-21(27)23-18-7-5-17(22)6-8-18)20-11-9-19(10-12-20)24-13-3-2-4-14-24/h5-12H,2-4,13-15H2,1H3,(H,23,27). The summed E-state index contributed by atoms with van der Waals surface area (Å²) in [6, 6.07) is 14.7. The first kappa shape index (κ1) is 19.2. The third-order valence-corrected chi connectivity index (χ3v) is 4.94. The zero-order valence-corrected chi connectivity index (χ0v) is 16.2. The quantitative estimate of drug-likeness (QED) is 0.833. The number of nitrogens with one attached hydrogen (secondary N) is 1. The van der Waals surface area contributed by atoms with E-state index in [1.165, 1.54) is 31.1 Å². The Labute approximate surface area is 164 Å². The minimum Gasteiger partial charge on any atom is -0.372 e. The third kappa shape index (κ3) is 5.23. The molecular weight excluding hydrogens is 362 g/mol. The van der Waals surface area contributed by atoms with Gasteiger partial charge in [-0.2, -0.15) is 0 Å². The molecule has 6 heteroatoms. The molecule has 1 aliphatic rings. The fourth-order valence-corrected chi connectivity index (χ4v) is 3.38. The van der Waals surface area contributed by atoms with E-state index in [9.17, 15) is 9.59 Å². The van der Waals surface area contributed by atoms with E-state index in [1.807, 2.05) is 24.3 Å². The lowest BCUT2D eigenvalue weighted by atomic mass is 10.1. The summed E-state index contributed by atoms with van der Waals surface area (Å²) in [5.41, 5.74) is 2.52. The number of amides is 2. The van der Waals surface area contributed by atoms with E-state index in [-0.39, 0.29) is 18.4 Å². The second-order valence-corrected chi connectivity index (χ2v) is 7.16. The molecule has 5 nitrogen and oxygen atoms in total. The summed E-state index contributed by atoms with van der Waals surface area (Å²) in [4.78, 5) is 28.3. The van der Waals surface area contributed by atoms with Crippen LogP contribution in [0.25, 0.3) is 0 Å². The van der Waals surface area contributed by atoms with E-state index in [2.05, 4.69) is 10.2 Å². The van der Waals surface area contributed by atoms with Gasteiger partial charge >= 0.3 is 0 Å². The predicted octanol–water partition coefficient (Wildman–Crippen LogP) is 4.32. The van der Waals surface area contributed by atoms with E-state index in [0.717, 1.165) is 24.5 Å². The molecule has 2 aromatic carbocycles. The Kier molecular flexibility index (Phi) is 6.35. The Morgan fingerprint density at radius 1 is 1.00 bits per heavy atom. The smallest absolute Gasteiger partial charge is 0.244 e. The van der Waals surface area contributed by atoms with Crippen molar-refractivity contribution in [1.29, 1.82) is 0 Å². The van der Waals surface area contributed by atoms with Gasteiger partial charge in [0.15, 0.2) is 0 Å². The lowest BCUT2D eigenvalue weighted by Crippen LogP contribution is -2.36. The number of hydrogen-bond acceptors (Lipinski definition) is 3. The maximum Gasteiger partial charge on any atom is 0.244 e. The number of piperidine rings is 1. The zero-order valence-electron chi connectivity index (χ0n) is 15.5. The Hall–Kier alpha value is -2.53. The number of nitrogens with zero attached hydrogens (tertiary/aromatic N) is 2. The second-order valence-electron chi connectivity index (χ2n) is 6.72. The molecule has 3 rings (SSSR count). The summed E-state index contributed by atoms with van der Waals surface area (Å²) in [5, 5.41) is 3.39. The third-order valence-electron chi connectivity index (χ3n) is 4.69. The molecule has 1 aliphatic heterocycles. The van der Waals surface area contributed by atoms with Crippen LogP contribution in [-0.4, -0.2) is 31.4 Å². The van der Waals surface area contributed by atoms with E-state index in [1.54, 1.807) is 24.3 Å². The van der Waals surface area contributed by atoms with Crippen LogP contribution in [-0.2, 0) is 9.59 Å². The van der Waals surface area contributed by atoms with Crippen molar-refractivity contribution in [2.45, 2.75) is 26.2 Å². The van der Waals surface area contributed by atoms with Crippen molar-refractivity contribution in [3.05, 3.63) is 53.6 Å². The van der Waals surface area contributed by atoms with Gasteiger partial charge in [0.25, 0.3) is 0 Å². The van der Waals surface area contributed by atoms with Crippen LogP contribution in [0.15, 0.2) is 48.5 Å². The van der Waals surface area contributed by atoms with Crippen molar-refractivity contribution in [1.82, 2.24) is 0 Å². The number of anilines is 3. The first-order chi connectivity index (χ1) is 13.0. The molecule has 0 aromatic heterocycles. The first-order valence-corrected chi connectivity index (χ1v) is 9.59. The largest absolute Gasteiger partial charge is 0.372 e. The normalized spacial score (nSPS) is 13.9. The van der Waals surface area contributed by atoms with Gasteiger partial charge in [0.1, 0.15) is 6.54 Å². The average Bonchev–Trinajstić information content (AvgIpc) is 2.68. The summed E-state index contributed by atoms with van der Waals surface area (Å²) in [6.07, 6.45) is 3.72. The molecule has 1 saturated heterocycles. The van der Waals surface area contributed by atoms with Crippen molar-refractivity contribution in [2.75, 3.05) is 34.8 Å². The lowest BCUT2D eigenvalue weighted by molar-refractivity contribution is -0.120. The Balaban J connectivity index is 1.66. The second kappa shape index (κ2) is 8.91. The molecule has 0 saturated carbocycles. The number of benzene rings is 2.